The molecule has 0 spiro atoms. The van der Waals surface area contributed by atoms with Gasteiger partial charge in [0, 0.05) is 11.3 Å². The minimum absolute atomic E-state index is 0.0781. The van der Waals surface area contributed by atoms with E-state index in [0.29, 0.717) is 17.0 Å². The number of aliphatic carboxylic acids is 1. The normalized spacial score (nSPS) is 38.8. The van der Waals surface area contributed by atoms with Crippen LogP contribution in [-0.2, 0) is 24.2 Å². The molecule has 0 aromatic rings. The molecule has 10 heteroatoms. The molecule has 8 nitrogen and oxygen atoms in total. The van der Waals surface area contributed by atoms with Gasteiger partial charge in [-0.1, -0.05) is 18.2 Å². The third-order valence-corrected chi connectivity index (χ3v) is 9.06. The van der Waals surface area contributed by atoms with Crippen LogP contribution in [0, 0.1) is 11.8 Å². The quantitative estimate of drug-likeness (QED) is 0.702. The molecule has 2 aliphatic carbocycles. The Labute approximate surface area is 156 Å². The van der Waals surface area contributed by atoms with Crippen LogP contribution in [0.3, 0.4) is 0 Å². The van der Waals surface area contributed by atoms with Crippen LogP contribution in [0.15, 0.2) is 4.99 Å². The van der Waals surface area contributed by atoms with Crippen molar-refractivity contribution in [1.29, 1.82) is 0 Å². The van der Waals surface area contributed by atoms with Gasteiger partial charge in [-0.3, -0.25) is 4.79 Å². The fourth-order valence-corrected chi connectivity index (χ4v) is 8.89. The zero-order valence-electron chi connectivity index (χ0n) is 14.2. The van der Waals surface area contributed by atoms with Gasteiger partial charge in [-0.05, 0) is 31.1 Å². The van der Waals surface area contributed by atoms with Gasteiger partial charge in [-0.25, -0.2) is 13.2 Å². The Balaban J connectivity index is 1.52. The van der Waals surface area contributed by atoms with Crippen LogP contribution < -0.4 is 0 Å². The summed E-state index contributed by atoms with van der Waals surface area (Å²) < 4.78 is 29.0. The molecule has 2 bridgehead atoms. The van der Waals surface area contributed by atoms with E-state index in [0.717, 1.165) is 12.8 Å². The first-order valence-corrected chi connectivity index (χ1v) is 11.6. The monoisotopic (exact) mass is 402 g/mol. The number of sulfone groups is 1. The molecule has 0 aromatic heterocycles. The average molecular weight is 402 g/mol. The van der Waals surface area contributed by atoms with Crippen molar-refractivity contribution in [3.05, 3.63) is 0 Å². The summed E-state index contributed by atoms with van der Waals surface area (Å²) in [5.41, 5.74) is 0. The van der Waals surface area contributed by atoms with Crippen molar-refractivity contribution >= 4 is 38.6 Å². The third kappa shape index (κ3) is 3.50. The lowest BCUT2D eigenvalue weighted by Crippen LogP contribution is -2.47. The van der Waals surface area contributed by atoms with Crippen molar-refractivity contribution < 1.29 is 27.9 Å². The van der Waals surface area contributed by atoms with Crippen molar-refractivity contribution in [2.24, 2.45) is 16.8 Å². The number of hydrogen-bond donors (Lipinski definition) is 1. The van der Waals surface area contributed by atoms with Crippen LogP contribution >= 0.6 is 11.8 Å². The Bertz CT molecular complexity index is 752. The summed E-state index contributed by atoms with van der Waals surface area (Å²) in [6, 6.07) is 0.150. The van der Waals surface area contributed by atoms with Gasteiger partial charge in [-0.15, -0.1) is 0 Å². The van der Waals surface area contributed by atoms with E-state index in [1.807, 2.05) is 0 Å². The number of ether oxygens (including phenoxy) is 1. The van der Waals surface area contributed by atoms with E-state index in [2.05, 4.69) is 9.89 Å². The molecule has 5 atom stereocenters. The van der Waals surface area contributed by atoms with Gasteiger partial charge < -0.3 is 14.7 Å². The third-order valence-electron chi connectivity index (χ3n) is 5.84. The molecule has 2 saturated carbocycles. The highest BCUT2D eigenvalue weighted by Crippen LogP contribution is 2.51. The highest BCUT2D eigenvalue weighted by atomic mass is 32.2. The van der Waals surface area contributed by atoms with Gasteiger partial charge in [0.05, 0.1) is 17.5 Å². The largest absolute Gasteiger partial charge is 0.480 e. The molecule has 2 heterocycles. The second kappa shape index (κ2) is 6.79. The van der Waals surface area contributed by atoms with Crippen LogP contribution in [-0.4, -0.2) is 77.5 Å². The molecule has 1 amide bonds. The molecule has 4 aliphatic rings. The number of rotatable bonds is 5. The maximum absolute atomic E-state index is 12.1. The highest BCUT2D eigenvalue weighted by molar-refractivity contribution is 8.15. The molecule has 4 fully saturated rings. The SMILES string of the molecule is O=C(O)COCC(=O)N=C1S[C@H]2CS(=O)(=O)C[C@H]2N1[C@H]1C[C@@H]2CC[C@@H]1C2. The lowest BCUT2D eigenvalue weighted by molar-refractivity contribution is -0.143. The van der Waals surface area contributed by atoms with Gasteiger partial charge in [0.1, 0.15) is 13.2 Å². The second-order valence-corrected chi connectivity index (χ2v) is 11.0. The molecular formula is C16H22N2O6S2. The summed E-state index contributed by atoms with van der Waals surface area (Å²) in [5.74, 6) is -0.160. The number of amidine groups is 1. The van der Waals surface area contributed by atoms with Crippen molar-refractivity contribution in [3.8, 4) is 0 Å². The van der Waals surface area contributed by atoms with Crippen molar-refractivity contribution in [3.63, 3.8) is 0 Å². The molecular weight excluding hydrogens is 380 g/mol. The van der Waals surface area contributed by atoms with Gasteiger partial charge in [0.15, 0.2) is 15.0 Å². The molecule has 0 unspecified atom stereocenters. The molecule has 0 aromatic carbocycles. The molecule has 1 N–H and O–H groups in total. The Kier molecular flexibility index (Phi) is 4.77. The number of hydrogen-bond acceptors (Lipinski definition) is 6. The number of nitrogens with zero attached hydrogens (tertiary/aromatic N) is 2. The summed E-state index contributed by atoms with van der Waals surface area (Å²) in [6.07, 6.45) is 4.61. The summed E-state index contributed by atoms with van der Waals surface area (Å²) >= 11 is 1.38. The number of thioether (sulfide) groups is 1. The number of carboxylic acid groups (broad SMARTS) is 1. The lowest BCUT2D eigenvalue weighted by Gasteiger charge is -2.36. The number of amides is 1. The Morgan fingerprint density at radius 1 is 1.19 bits per heavy atom. The molecule has 2 aliphatic heterocycles. The van der Waals surface area contributed by atoms with Crippen molar-refractivity contribution in [2.75, 3.05) is 24.7 Å². The summed E-state index contributed by atoms with van der Waals surface area (Å²) in [4.78, 5) is 28.8. The van der Waals surface area contributed by atoms with Gasteiger partial charge in [0.25, 0.3) is 5.91 Å². The Hall–Kier alpha value is -1.13. The van der Waals surface area contributed by atoms with Crippen LogP contribution in [0.4, 0.5) is 0 Å². The fraction of sp³-hybridized carbons (Fsp3) is 0.812. The summed E-state index contributed by atoms with van der Waals surface area (Å²) in [5, 5.41) is 9.09. The van der Waals surface area contributed by atoms with Crippen LogP contribution in [0.25, 0.3) is 0 Å². The number of fused-ring (bicyclic) bond motifs is 3. The highest BCUT2D eigenvalue weighted by Gasteiger charge is 2.54. The molecule has 144 valence electrons. The average Bonchev–Trinajstić information content (AvgIpc) is 3.26. The van der Waals surface area contributed by atoms with Crippen LogP contribution in [0.2, 0.25) is 0 Å². The van der Waals surface area contributed by atoms with E-state index in [1.165, 1.54) is 24.6 Å². The summed E-state index contributed by atoms with van der Waals surface area (Å²) in [7, 11) is -3.05. The predicted molar refractivity (Wildman–Crippen MR) is 95.8 cm³/mol. The lowest BCUT2D eigenvalue weighted by atomic mass is 9.93. The zero-order valence-corrected chi connectivity index (χ0v) is 15.9. The zero-order chi connectivity index (χ0) is 18.5. The van der Waals surface area contributed by atoms with E-state index in [-0.39, 0.29) is 35.4 Å². The maximum Gasteiger partial charge on any atom is 0.329 e. The Morgan fingerprint density at radius 3 is 2.65 bits per heavy atom. The number of carboxylic acids is 1. The van der Waals surface area contributed by atoms with Gasteiger partial charge >= 0.3 is 5.97 Å². The van der Waals surface area contributed by atoms with Gasteiger partial charge in [0.2, 0.25) is 0 Å². The van der Waals surface area contributed by atoms with Crippen LogP contribution in [0.1, 0.15) is 25.7 Å². The number of aliphatic imine (C=N–C) groups is 1. The topological polar surface area (TPSA) is 113 Å². The van der Waals surface area contributed by atoms with E-state index in [1.54, 1.807) is 0 Å². The second-order valence-electron chi connectivity index (χ2n) is 7.62. The first-order chi connectivity index (χ1) is 12.3. The van der Waals surface area contributed by atoms with E-state index < -0.39 is 28.3 Å². The molecule has 2 saturated heterocycles. The smallest absolute Gasteiger partial charge is 0.329 e. The van der Waals surface area contributed by atoms with Crippen LogP contribution in [0.5, 0.6) is 0 Å². The molecule has 0 radical (unpaired) electrons. The molecule has 26 heavy (non-hydrogen) atoms. The minimum atomic E-state index is -3.05. The first kappa shape index (κ1) is 18.2. The van der Waals surface area contributed by atoms with E-state index in [9.17, 15) is 18.0 Å². The number of carbonyl (C=O) groups excluding carboxylic acids is 1. The first-order valence-electron chi connectivity index (χ1n) is 8.89. The van der Waals surface area contributed by atoms with E-state index in [4.69, 9.17) is 9.84 Å². The maximum atomic E-state index is 12.1. The Morgan fingerprint density at radius 2 is 2.00 bits per heavy atom. The summed E-state index contributed by atoms with van der Waals surface area (Å²) in [6.45, 7) is -0.919. The minimum Gasteiger partial charge on any atom is -0.480 e. The fourth-order valence-electron chi connectivity index (χ4n) is 4.90. The van der Waals surface area contributed by atoms with E-state index >= 15 is 0 Å². The molecule has 4 rings (SSSR count). The van der Waals surface area contributed by atoms with Gasteiger partial charge in [-0.2, -0.15) is 4.99 Å². The number of carbonyl (C=O) groups is 2. The van der Waals surface area contributed by atoms with Crippen molar-refractivity contribution in [1.82, 2.24) is 4.90 Å². The predicted octanol–water partition coefficient (Wildman–Crippen LogP) is 0.373. The van der Waals surface area contributed by atoms with Crippen molar-refractivity contribution in [2.45, 2.75) is 43.0 Å². The standard InChI is InChI=1S/C16H22N2O6S2/c19-14(5-24-6-15(20)21)17-16-18(11-4-9-1-2-10(11)3-9)12-7-26(22,23)8-13(12)25-16/h9-13H,1-8H2,(H,20,21)/t9-,10-,11+,12-,13+/m1/s1.